The smallest absolute Gasteiger partial charge is 0.251 e. The van der Waals surface area contributed by atoms with Gasteiger partial charge in [0, 0.05) is 35.7 Å². The highest BCUT2D eigenvalue weighted by molar-refractivity contribution is 9.09. The zero-order chi connectivity index (χ0) is 13.9. The van der Waals surface area contributed by atoms with Crippen LogP contribution in [-0.2, 0) is 0 Å². The lowest BCUT2D eigenvalue weighted by atomic mass is 10.0. The molecule has 1 atom stereocenters. The summed E-state index contributed by atoms with van der Waals surface area (Å²) in [6.45, 7) is 6.02. The molecule has 0 aromatic heterocycles. The van der Waals surface area contributed by atoms with Gasteiger partial charge in [-0.2, -0.15) is 0 Å². The summed E-state index contributed by atoms with van der Waals surface area (Å²) in [6, 6.07) is 7.60. The zero-order valence-electron chi connectivity index (χ0n) is 11.6. The Labute approximate surface area is 118 Å². The highest BCUT2D eigenvalue weighted by Crippen LogP contribution is 2.19. The van der Waals surface area contributed by atoms with E-state index in [4.69, 9.17) is 0 Å². The first-order valence-corrected chi connectivity index (χ1v) is 6.89. The molecule has 0 fully saturated rings. The minimum absolute atomic E-state index is 0.0463. The highest BCUT2D eigenvalue weighted by atomic mass is 79.9. The Morgan fingerprint density at radius 1 is 1.39 bits per heavy atom. The molecule has 1 aromatic carbocycles. The van der Waals surface area contributed by atoms with Crippen LogP contribution in [0.4, 0.5) is 5.69 Å². The lowest BCUT2D eigenvalue weighted by Crippen LogP contribution is -2.48. The predicted octanol–water partition coefficient (Wildman–Crippen LogP) is 3.04. The Bertz CT molecular complexity index is 428. The van der Waals surface area contributed by atoms with Crippen LogP contribution in [0.3, 0.4) is 0 Å². The average Bonchev–Trinajstić information content (AvgIpc) is 2.28. The molecule has 1 aromatic rings. The van der Waals surface area contributed by atoms with Crippen molar-refractivity contribution < 1.29 is 4.79 Å². The summed E-state index contributed by atoms with van der Waals surface area (Å²) in [5, 5.41) is 3.03. The Kier molecular flexibility index (Phi) is 4.79. The van der Waals surface area contributed by atoms with Gasteiger partial charge in [0.2, 0.25) is 0 Å². The Balaban J connectivity index is 2.88. The number of alkyl halides is 1. The third-order valence-electron chi connectivity index (χ3n) is 3.05. The van der Waals surface area contributed by atoms with Crippen molar-refractivity contribution in [2.45, 2.75) is 31.1 Å². The Hall–Kier alpha value is -1.03. The average molecular weight is 313 g/mol. The van der Waals surface area contributed by atoms with Gasteiger partial charge < -0.3 is 10.2 Å². The predicted molar refractivity (Wildman–Crippen MR) is 80.7 cm³/mol. The molecule has 1 rings (SSSR count). The number of anilines is 1. The molecule has 100 valence electrons. The quantitative estimate of drug-likeness (QED) is 0.867. The minimum Gasteiger partial charge on any atom is -0.378 e. The number of benzene rings is 1. The van der Waals surface area contributed by atoms with Crippen LogP contribution in [0.15, 0.2) is 24.3 Å². The fourth-order valence-corrected chi connectivity index (χ4v) is 1.50. The van der Waals surface area contributed by atoms with Crippen LogP contribution in [0.1, 0.15) is 31.1 Å². The molecule has 0 aliphatic carbocycles. The molecule has 18 heavy (non-hydrogen) atoms. The van der Waals surface area contributed by atoms with Crippen molar-refractivity contribution in [3.8, 4) is 0 Å². The van der Waals surface area contributed by atoms with Crippen LogP contribution in [0.5, 0.6) is 0 Å². The summed E-state index contributed by atoms with van der Waals surface area (Å²) in [5.41, 5.74) is 1.42. The summed E-state index contributed by atoms with van der Waals surface area (Å²) < 4.78 is 0. The molecule has 1 amide bonds. The molecule has 0 saturated heterocycles. The molecule has 3 nitrogen and oxygen atoms in total. The van der Waals surface area contributed by atoms with Crippen LogP contribution in [-0.4, -0.2) is 30.4 Å². The maximum atomic E-state index is 12.2. The maximum Gasteiger partial charge on any atom is 0.251 e. The van der Waals surface area contributed by atoms with E-state index in [2.05, 4.69) is 21.2 Å². The Morgan fingerprint density at radius 3 is 2.50 bits per heavy atom. The molecule has 0 aliphatic rings. The summed E-state index contributed by atoms with van der Waals surface area (Å²) in [5.74, 6) is -0.0463. The van der Waals surface area contributed by atoms with E-state index in [1.54, 1.807) is 0 Å². The van der Waals surface area contributed by atoms with Gasteiger partial charge in [0.05, 0.1) is 0 Å². The number of carbonyl (C=O) groups is 1. The third-order valence-corrected chi connectivity index (χ3v) is 4.20. The van der Waals surface area contributed by atoms with Gasteiger partial charge in [0.25, 0.3) is 5.91 Å². The lowest BCUT2D eigenvalue weighted by molar-refractivity contribution is 0.0914. The summed E-state index contributed by atoms with van der Waals surface area (Å²) in [4.78, 5) is 14.4. The zero-order valence-corrected chi connectivity index (χ0v) is 13.2. The molecule has 0 heterocycles. The molecular weight excluding hydrogens is 292 g/mol. The van der Waals surface area contributed by atoms with Gasteiger partial charge in [-0.1, -0.05) is 28.9 Å². The number of carbonyl (C=O) groups excluding carboxylic acids is 1. The summed E-state index contributed by atoms with van der Waals surface area (Å²) in [6.07, 6.45) is 0. The number of hydrogen-bond donors (Lipinski definition) is 1. The number of nitrogens with one attached hydrogen (secondary N) is 1. The van der Waals surface area contributed by atoms with E-state index in [9.17, 15) is 4.79 Å². The van der Waals surface area contributed by atoms with Crippen molar-refractivity contribution >= 4 is 27.5 Å². The monoisotopic (exact) mass is 312 g/mol. The number of halogens is 1. The van der Waals surface area contributed by atoms with E-state index in [0.29, 0.717) is 5.56 Å². The van der Waals surface area contributed by atoms with E-state index in [0.717, 1.165) is 5.69 Å². The van der Waals surface area contributed by atoms with E-state index in [-0.39, 0.29) is 16.3 Å². The van der Waals surface area contributed by atoms with Gasteiger partial charge in [-0.3, -0.25) is 4.79 Å². The van der Waals surface area contributed by atoms with Gasteiger partial charge in [0.15, 0.2) is 0 Å². The molecule has 0 bridgehead atoms. The van der Waals surface area contributed by atoms with Gasteiger partial charge in [-0.25, -0.2) is 0 Å². The van der Waals surface area contributed by atoms with Crippen LogP contribution >= 0.6 is 15.9 Å². The largest absolute Gasteiger partial charge is 0.378 e. The van der Waals surface area contributed by atoms with Crippen molar-refractivity contribution in [2.24, 2.45) is 0 Å². The number of rotatable bonds is 4. The van der Waals surface area contributed by atoms with Gasteiger partial charge in [-0.15, -0.1) is 0 Å². The van der Waals surface area contributed by atoms with Crippen molar-refractivity contribution in [3.63, 3.8) is 0 Å². The number of amides is 1. The SMILES string of the molecule is CC(Br)C(C)(C)NC(=O)c1cccc(N(C)C)c1. The van der Waals surface area contributed by atoms with Gasteiger partial charge >= 0.3 is 0 Å². The van der Waals surface area contributed by atoms with Crippen molar-refractivity contribution in [1.29, 1.82) is 0 Å². The highest BCUT2D eigenvalue weighted by Gasteiger charge is 2.26. The van der Waals surface area contributed by atoms with Crippen LogP contribution in [0.25, 0.3) is 0 Å². The first kappa shape index (κ1) is 15.0. The lowest BCUT2D eigenvalue weighted by Gasteiger charge is -2.29. The van der Waals surface area contributed by atoms with E-state index in [1.165, 1.54) is 0 Å². The molecule has 4 heteroatoms. The fraction of sp³-hybridized carbons (Fsp3) is 0.500. The normalized spacial score (nSPS) is 13.0. The summed E-state index contributed by atoms with van der Waals surface area (Å²) in [7, 11) is 3.92. The molecule has 1 N–H and O–H groups in total. The van der Waals surface area contributed by atoms with Crippen LogP contribution in [0, 0.1) is 0 Å². The third kappa shape index (κ3) is 3.73. The van der Waals surface area contributed by atoms with Crippen molar-refractivity contribution in [3.05, 3.63) is 29.8 Å². The molecular formula is C14H21BrN2O. The molecule has 0 spiro atoms. The number of hydrogen-bond acceptors (Lipinski definition) is 2. The fourth-order valence-electron chi connectivity index (χ4n) is 1.39. The first-order chi connectivity index (χ1) is 8.24. The van der Waals surface area contributed by atoms with Crippen molar-refractivity contribution in [2.75, 3.05) is 19.0 Å². The molecule has 0 radical (unpaired) electrons. The van der Waals surface area contributed by atoms with Gasteiger partial charge in [-0.05, 0) is 32.0 Å². The van der Waals surface area contributed by atoms with Crippen molar-refractivity contribution in [1.82, 2.24) is 5.32 Å². The van der Waals surface area contributed by atoms with E-state index < -0.39 is 0 Å². The second-order valence-corrected chi connectivity index (χ2v) is 6.61. The second kappa shape index (κ2) is 5.74. The topological polar surface area (TPSA) is 32.3 Å². The van der Waals surface area contributed by atoms with E-state index in [1.807, 2.05) is 64.0 Å². The number of nitrogens with zero attached hydrogens (tertiary/aromatic N) is 1. The molecule has 0 aliphatic heterocycles. The van der Waals surface area contributed by atoms with Crippen LogP contribution < -0.4 is 10.2 Å². The standard InChI is InChI=1S/C14H21BrN2O/c1-10(15)14(2,3)16-13(18)11-7-6-8-12(9-11)17(4)5/h6-10H,1-5H3,(H,16,18). The minimum atomic E-state index is -0.287. The second-order valence-electron chi connectivity index (χ2n) is 5.24. The molecule has 1 unspecified atom stereocenters. The van der Waals surface area contributed by atoms with Crippen LogP contribution in [0.2, 0.25) is 0 Å². The van der Waals surface area contributed by atoms with Gasteiger partial charge in [0.1, 0.15) is 0 Å². The Morgan fingerprint density at radius 2 is 2.00 bits per heavy atom. The first-order valence-electron chi connectivity index (χ1n) is 5.98. The van der Waals surface area contributed by atoms with E-state index >= 15 is 0 Å². The maximum absolute atomic E-state index is 12.2. The summed E-state index contributed by atoms with van der Waals surface area (Å²) >= 11 is 3.51. The molecule has 0 saturated carbocycles.